The Hall–Kier alpha value is -1.84. The average Bonchev–Trinajstić information content (AvgIpc) is 3.02. The monoisotopic (exact) mass is 387 g/mol. The first-order valence-electron chi connectivity index (χ1n) is 6.74. The van der Waals surface area contributed by atoms with E-state index in [2.05, 4.69) is 20.3 Å². The van der Waals surface area contributed by atoms with Crippen molar-refractivity contribution in [2.75, 3.05) is 18.2 Å². The molecule has 1 atom stereocenters. The molecule has 1 aromatic carbocycles. The number of aromatic nitrogens is 2. The standard InChI is InChI=1S/C14H14ClN3O4S2/c1-8(22-10-6-4-3-5-9(10)15)12(20)16-13-17-18-14(24-13)23-7-11(19)21-2/h3-6,8H,7H2,1-2H3,(H,16,17,20). The van der Waals surface area contributed by atoms with E-state index in [9.17, 15) is 9.59 Å². The van der Waals surface area contributed by atoms with Crippen LogP contribution in [0.4, 0.5) is 5.13 Å². The maximum absolute atomic E-state index is 12.1. The number of ether oxygens (including phenoxy) is 2. The van der Waals surface area contributed by atoms with Gasteiger partial charge in [-0.25, -0.2) is 0 Å². The van der Waals surface area contributed by atoms with E-state index in [1.165, 1.54) is 18.9 Å². The number of methoxy groups -OCH3 is 1. The molecule has 0 aliphatic carbocycles. The van der Waals surface area contributed by atoms with Gasteiger partial charge in [-0.2, -0.15) is 0 Å². The van der Waals surface area contributed by atoms with E-state index in [1.807, 2.05) is 0 Å². The number of esters is 1. The van der Waals surface area contributed by atoms with Crippen molar-refractivity contribution >= 4 is 51.7 Å². The molecule has 7 nitrogen and oxygen atoms in total. The van der Waals surface area contributed by atoms with Gasteiger partial charge in [0.15, 0.2) is 10.4 Å². The average molecular weight is 388 g/mol. The van der Waals surface area contributed by atoms with Gasteiger partial charge in [0.05, 0.1) is 17.9 Å². The molecule has 2 aromatic rings. The van der Waals surface area contributed by atoms with Crippen molar-refractivity contribution in [1.29, 1.82) is 0 Å². The molecular weight excluding hydrogens is 374 g/mol. The van der Waals surface area contributed by atoms with Gasteiger partial charge in [-0.1, -0.05) is 46.8 Å². The largest absolute Gasteiger partial charge is 0.479 e. The zero-order valence-corrected chi connectivity index (χ0v) is 15.2. The second kappa shape index (κ2) is 8.86. The lowest BCUT2D eigenvalue weighted by Gasteiger charge is -2.14. The molecule has 0 spiro atoms. The van der Waals surface area contributed by atoms with E-state index >= 15 is 0 Å². The van der Waals surface area contributed by atoms with Crippen LogP contribution in [0.25, 0.3) is 0 Å². The van der Waals surface area contributed by atoms with Crippen LogP contribution in [0.5, 0.6) is 5.75 Å². The normalized spacial score (nSPS) is 11.6. The van der Waals surface area contributed by atoms with Crippen LogP contribution in [-0.2, 0) is 14.3 Å². The first kappa shape index (κ1) is 18.5. The zero-order valence-electron chi connectivity index (χ0n) is 12.8. The highest BCUT2D eigenvalue weighted by Gasteiger charge is 2.18. The number of amides is 1. The molecule has 10 heteroatoms. The number of benzene rings is 1. The number of hydrogen-bond donors (Lipinski definition) is 1. The Labute approximate surface area is 151 Å². The summed E-state index contributed by atoms with van der Waals surface area (Å²) in [5, 5.41) is 11.1. The third-order valence-electron chi connectivity index (χ3n) is 2.69. The number of para-hydroxylation sites is 1. The first-order valence-corrected chi connectivity index (χ1v) is 8.92. The molecule has 1 aromatic heterocycles. The Kier molecular flexibility index (Phi) is 6.83. The molecule has 1 N–H and O–H groups in total. The summed E-state index contributed by atoms with van der Waals surface area (Å²) in [6, 6.07) is 6.89. The molecule has 128 valence electrons. The number of hydrogen-bond acceptors (Lipinski definition) is 8. The fourth-order valence-corrected chi connectivity index (χ4v) is 3.26. The number of carbonyl (C=O) groups is 2. The van der Waals surface area contributed by atoms with Gasteiger partial charge in [0, 0.05) is 0 Å². The van der Waals surface area contributed by atoms with Crippen LogP contribution in [0.15, 0.2) is 28.6 Å². The summed E-state index contributed by atoms with van der Waals surface area (Å²) in [5.74, 6) is -0.183. The van der Waals surface area contributed by atoms with E-state index in [0.29, 0.717) is 20.2 Å². The Morgan fingerprint density at radius 1 is 1.38 bits per heavy atom. The van der Waals surface area contributed by atoms with Crippen molar-refractivity contribution in [2.24, 2.45) is 0 Å². The topological polar surface area (TPSA) is 90.4 Å². The van der Waals surface area contributed by atoms with Gasteiger partial charge in [0.1, 0.15) is 5.75 Å². The van der Waals surface area contributed by atoms with Crippen LogP contribution in [-0.4, -0.2) is 41.0 Å². The second-order valence-corrected chi connectivity index (χ2v) is 7.02. The molecule has 0 aliphatic rings. The summed E-state index contributed by atoms with van der Waals surface area (Å²) < 4.78 is 10.6. The van der Waals surface area contributed by atoms with Gasteiger partial charge in [0.25, 0.3) is 5.91 Å². The maximum Gasteiger partial charge on any atom is 0.316 e. The van der Waals surface area contributed by atoms with Crippen LogP contribution in [0.1, 0.15) is 6.92 Å². The van der Waals surface area contributed by atoms with Crippen molar-refractivity contribution in [3.8, 4) is 5.75 Å². The highest BCUT2D eigenvalue weighted by molar-refractivity contribution is 8.01. The van der Waals surface area contributed by atoms with Crippen molar-refractivity contribution < 1.29 is 19.1 Å². The van der Waals surface area contributed by atoms with Crippen LogP contribution in [0, 0.1) is 0 Å². The molecule has 0 fully saturated rings. The lowest BCUT2D eigenvalue weighted by Crippen LogP contribution is -2.30. The molecule has 1 unspecified atom stereocenters. The molecule has 0 radical (unpaired) electrons. The van der Waals surface area contributed by atoms with E-state index < -0.39 is 6.10 Å². The molecule has 1 heterocycles. The third-order valence-corrected chi connectivity index (χ3v) is 4.95. The zero-order chi connectivity index (χ0) is 17.5. The van der Waals surface area contributed by atoms with Gasteiger partial charge in [-0.05, 0) is 19.1 Å². The molecule has 1 amide bonds. The Morgan fingerprint density at radius 3 is 2.83 bits per heavy atom. The molecule has 0 bridgehead atoms. The highest BCUT2D eigenvalue weighted by Crippen LogP contribution is 2.27. The van der Waals surface area contributed by atoms with Gasteiger partial charge in [0.2, 0.25) is 5.13 Å². The number of anilines is 1. The fourth-order valence-electron chi connectivity index (χ4n) is 1.49. The van der Waals surface area contributed by atoms with Crippen LogP contribution in [0.3, 0.4) is 0 Å². The van der Waals surface area contributed by atoms with Crippen molar-refractivity contribution in [3.05, 3.63) is 29.3 Å². The van der Waals surface area contributed by atoms with Crippen LogP contribution < -0.4 is 10.1 Å². The van der Waals surface area contributed by atoms with Crippen molar-refractivity contribution in [1.82, 2.24) is 10.2 Å². The van der Waals surface area contributed by atoms with Crippen molar-refractivity contribution in [2.45, 2.75) is 17.4 Å². The molecular formula is C14H14ClN3O4S2. The summed E-state index contributed by atoms with van der Waals surface area (Å²) in [4.78, 5) is 23.2. The number of nitrogens with zero attached hydrogens (tertiary/aromatic N) is 2. The van der Waals surface area contributed by atoms with E-state index in [0.717, 1.165) is 11.3 Å². The van der Waals surface area contributed by atoms with Gasteiger partial charge in [-0.3, -0.25) is 14.9 Å². The number of carbonyl (C=O) groups excluding carboxylic acids is 2. The summed E-state index contributed by atoms with van der Waals surface area (Å²) in [7, 11) is 1.31. The smallest absolute Gasteiger partial charge is 0.316 e. The van der Waals surface area contributed by atoms with E-state index in [4.69, 9.17) is 16.3 Å². The highest BCUT2D eigenvalue weighted by atomic mass is 35.5. The van der Waals surface area contributed by atoms with E-state index in [-0.39, 0.29) is 17.6 Å². The Balaban J connectivity index is 1.88. The number of thioether (sulfide) groups is 1. The number of nitrogens with one attached hydrogen (secondary N) is 1. The lowest BCUT2D eigenvalue weighted by molar-refractivity contribution is -0.137. The fraction of sp³-hybridized carbons (Fsp3) is 0.286. The second-order valence-electron chi connectivity index (χ2n) is 4.42. The van der Waals surface area contributed by atoms with Crippen LogP contribution >= 0.6 is 34.7 Å². The maximum atomic E-state index is 12.1. The summed E-state index contributed by atoms with van der Waals surface area (Å²) in [6.07, 6.45) is -0.764. The predicted octanol–water partition coefficient (Wildman–Crippen LogP) is 2.86. The number of rotatable bonds is 7. The summed E-state index contributed by atoms with van der Waals surface area (Å²) in [5.41, 5.74) is 0. The van der Waals surface area contributed by atoms with E-state index in [1.54, 1.807) is 31.2 Å². The molecule has 24 heavy (non-hydrogen) atoms. The predicted molar refractivity (Wildman–Crippen MR) is 92.8 cm³/mol. The Morgan fingerprint density at radius 2 is 2.12 bits per heavy atom. The summed E-state index contributed by atoms with van der Waals surface area (Å²) >= 11 is 8.34. The SMILES string of the molecule is COC(=O)CSc1nnc(NC(=O)C(C)Oc2ccccc2Cl)s1. The summed E-state index contributed by atoms with van der Waals surface area (Å²) in [6.45, 7) is 1.60. The Bertz CT molecular complexity index is 726. The molecule has 0 aliphatic heterocycles. The minimum Gasteiger partial charge on any atom is -0.479 e. The van der Waals surface area contributed by atoms with Crippen LogP contribution in [0.2, 0.25) is 5.02 Å². The van der Waals surface area contributed by atoms with Crippen molar-refractivity contribution in [3.63, 3.8) is 0 Å². The number of halogens is 1. The molecule has 0 saturated heterocycles. The minimum absolute atomic E-state index is 0.130. The van der Waals surface area contributed by atoms with Gasteiger partial charge in [-0.15, -0.1) is 10.2 Å². The quantitative estimate of drug-likeness (QED) is 0.443. The van der Waals surface area contributed by atoms with Gasteiger partial charge < -0.3 is 9.47 Å². The lowest BCUT2D eigenvalue weighted by atomic mass is 10.3. The minimum atomic E-state index is -0.764. The molecule has 0 saturated carbocycles. The molecule has 2 rings (SSSR count). The van der Waals surface area contributed by atoms with Gasteiger partial charge >= 0.3 is 5.97 Å². The first-order chi connectivity index (χ1) is 11.5. The third kappa shape index (κ3) is 5.36.